The summed E-state index contributed by atoms with van der Waals surface area (Å²) in [6.07, 6.45) is 0.935. The van der Waals surface area contributed by atoms with Crippen molar-refractivity contribution in [2.45, 2.75) is 38.1 Å². The standard InChI is InChI=1S/C16H21N5O3S/c1-4-11(2)17-15-9-10-16(20-19-15)21-25(23,24)14-7-5-13(6-8-14)18-12(3)22/h5-11H,4H2,1-3H3,(H,17,19)(H,18,22)(H,20,21). The maximum absolute atomic E-state index is 12.4. The minimum atomic E-state index is -3.78. The molecule has 1 aromatic heterocycles. The summed E-state index contributed by atoms with van der Waals surface area (Å²) in [4.78, 5) is 11.0. The molecule has 1 atom stereocenters. The van der Waals surface area contributed by atoms with Crippen molar-refractivity contribution in [3.8, 4) is 0 Å². The van der Waals surface area contributed by atoms with Crippen LogP contribution in [0.4, 0.5) is 17.3 Å². The summed E-state index contributed by atoms with van der Waals surface area (Å²) in [6, 6.07) is 9.29. The summed E-state index contributed by atoms with van der Waals surface area (Å²) in [7, 11) is -3.78. The van der Waals surface area contributed by atoms with E-state index in [1.807, 2.05) is 13.8 Å². The van der Waals surface area contributed by atoms with Crippen molar-refractivity contribution in [1.29, 1.82) is 0 Å². The molecule has 1 unspecified atom stereocenters. The van der Waals surface area contributed by atoms with E-state index in [9.17, 15) is 13.2 Å². The number of rotatable bonds is 7. The minimum absolute atomic E-state index is 0.0604. The monoisotopic (exact) mass is 363 g/mol. The molecule has 0 spiro atoms. The zero-order chi connectivity index (χ0) is 18.4. The first kappa shape index (κ1) is 18.7. The SMILES string of the molecule is CCC(C)Nc1ccc(NS(=O)(=O)c2ccc(NC(C)=O)cc2)nn1. The van der Waals surface area contributed by atoms with E-state index in [0.29, 0.717) is 11.5 Å². The van der Waals surface area contributed by atoms with Crippen molar-refractivity contribution >= 4 is 33.3 Å². The van der Waals surface area contributed by atoms with E-state index in [4.69, 9.17) is 0 Å². The van der Waals surface area contributed by atoms with E-state index >= 15 is 0 Å². The van der Waals surface area contributed by atoms with Gasteiger partial charge in [0.15, 0.2) is 5.82 Å². The molecular formula is C16H21N5O3S. The Labute approximate surface area is 147 Å². The number of anilines is 3. The van der Waals surface area contributed by atoms with Crippen LogP contribution in [0.2, 0.25) is 0 Å². The number of aromatic nitrogens is 2. The van der Waals surface area contributed by atoms with E-state index in [2.05, 4.69) is 25.6 Å². The lowest BCUT2D eigenvalue weighted by atomic mass is 10.2. The number of hydrogen-bond acceptors (Lipinski definition) is 6. The molecule has 2 aromatic rings. The van der Waals surface area contributed by atoms with Gasteiger partial charge in [0.1, 0.15) is 5.82 Å². The van der Waals surface area contributed by atoms with Gasteiger partial charge in [-0.15, -0.1) is 10.2 Å². The first-order valence-corrected chi connectivity index (χ1v) is 9.29. The van der Waals surface area contributed by atoms with Gasteiger partial charge < -0.3 is 10.6 Å². The Kier molecular flexibility index (Phi) is 5.92. The van der Waals surface area contributed by atoms with E-state index in [-0.39, 0.29) is 22.7 Å². The van der Waals surface area contributed by atoms with Crippen molar-refractivity contribution in [2.75, 3.05) is 15.4 Å². The van der Waals surface area contributed by atoms with Gasteiger partial charge in [0.05, 0.1) is 4.90 Å². The first-order chi connectivity index (χ1) is 11.8. The molecule has 0 saturated heterocycles. The maximum Gasteiger partial charge on any atom is 0.263 e. The number of benzene rings is 1. The van der Waals surface area contributed by atoms with E-state index < -0.39 is 10.0 Å². The summed E-state index contributed by atoms with van der Waals surface area (Å²) < 4.78 is 27.1. The van der Waals surface area contributed by atoms with Gasteiger partial charge in [0, 0.05) is 18.7 Å². The molecule has 1 heterocycles. The quantitative estimate of drug-likeness (QED) is 0.696. The van der Waals surface area contributed by atoms with Crippen LogP contribution in [-0.4, -0.2) is 30.6 Å². The largest absolute Gasteiger partial charge is 0.366 e. The molecule has 9 heteroatoms. The van der Waals surface area contributed by atoms with Crippen LogP contribution in [0.15, 0.2) is 41.3 Å². The maximum atomic E-state index is 12.4. The number of amides is 1. The average molecular weight is 363 g/mol. The highest BCUT2D eigenvalue weighted by Crippen LogP contribution is 2.17. The molecule has 0 aliphatic carbocycles. The normalized spacial score (nSPS) is 12.3. The second kappa shape index (κ2) is 7.93. The zero-order valence-electron chi connectivity index (χ0n) is 14.3. The van der Waals surface area contributed by atoms with Crippen molar-refractivity contribution < 1.29 is 13.2 Å². The third-order valence-electron chi connectivity index (χ3n) is 3.40. The molecule has 3 N–H and O–H groups in total. The number of sulfonamides is 1. The smallest absolute Gasteiger partial charge is 0.263 e. The van der Waals surface area contributed by atoms with Crippen molar-refractivity contribution in [3.05, 3.63) is 36.4 Å². The molecule has 1 amide bonds. The molecule has 0 saturated carbocycles. The summed E-state index contributed by atoms with van der Waals surface area (Å²) in [6.45, 7) is 5.44. The average Bonchev–Trinajstić information content (AvgIpc) is 2.56. The number of nitrogens with zero attached hydrogens (tertiary/aromatic N) is 2. The molecule has 0 aliphatic rings. The molecule has 0 fully saturated rings. The van der Waals surface area contributed by atoms with E-state index in [0.717, 1.165) is 6.42 Å². The van der Waals surface area contributed by atoms with Crippen LogP contribution < -0.4 is 15.4 Å². The molecule has 1 aromatic carbocycles. The molecule has 25 heavy (non-hydrogen) atoms. The van der Waals surface area contributed by atoms with Crippen LogP contribution in [0, 0.1) is 0 Å². The third kappa shape index (κ3) is 5.42. The Morgan fingerprint density at radius 2 is 1.68 bits per heavy atom. The summed E-state index contributed by atoms with van der Waals surface area (Å²) in [5.74, 6) is 0.479. The highest BCUT2D eigenvalue weighted by atomic mass is 32.2. The van der Waals surface area contributed by atoms with Crippen LogP contribution in [0.1, 0.15) is 27.2 Å². The molecule has 134 valence electrons. The predicted octanol–water partition coefficient (Wildman–Crippen LogP) is 2.45. The summed E-state index contributed by atoms with van der Waals surface area (Å²) in [5.41, 5.74) is 0.520. The Bertz CT molecular complexity index is 820. The first-order valence-electron chi connectivity index (χ1n) is 7.81. The molecule has 0 bridgehead atoms. The molecule has 0 radical (unpaired) electrons. The summed E-state index contributed by atoms with van der Waals surface area (Å²) in [5, 5.41) is 13.6. The highest BCUT2D eigenvalue weighted by molar-refractivity contribution is 7.92. The van der Waals surface area contributed by atoms with Crippen LogP contribution in [0.5, 0.6) is 0 Å². The van der Waals surface area contributed by atoms with Crippen molar-refractivity contribution in [1.82, 2.24) is 10.2 Å². The number of nitrogens with one attached hydrogen (secondary N) is 3. The van der Waals surface area contributed by atoms with Gasteiger partial charge in [-0.05, 0) is 49.7 Å². The fraction of sp³-hybridized carbons (Fsp3) is 0.312. The Balaban J connectivity index is 2.08. The number of carbonyl (C=O) groups is 1. The van der Waals surface area contributed by atoms with E-state index in [1.165, 1.54) is 31.2 Å². The molecule has 0 aliphatic heterocycles. The van der Waals surface area contributed by atoms with Crippen LogP contribution in [0.25, 0.3) is 0 Å². The summed E-state index contributed by atoms with van der Waals surface area (Å²) >= 11 is 0. The van der Waals surface area contributed by atoms with Crippen LogP contribution >= 0.6 is 0 Å². The van der Waals surface area contributed by atoms with Crippen LogP contribution in [0.3, 0.4) is 0 Å². The molecule has 2 rings (SSSR count). The predicted molar refractivity (Wildman–Crippen MR) is 97.0 cm³/mol. The Hall–Kier alpha value is -2.68. The third-order valence-corrected chi connectivity index (χ3v) is 4.77. The fourth-order valence-electron chi connectivity index (χ4n) is 1.94. The Morgan fingerprint density at radius 1 is 1.08 bits per heavy atom. The highest BCUT2D eigenvalue weighted by Gasteiger charge is 2.15. The number of hydrogen-bond donors (Lipinski definition) is 3. The Morgan fingerprint density at radius 3 is 2.20 bits per heavy atom. The van der Waals surface area contributed by atoms with Gasteiger partial charge in [-0.1, -0.05) is 6.92 Å². The van der Waals surface area contributed by atoms with Crippen LogP contribution in [-0.2, 0) is 14.8 Å². The van der Waals surface area contributed by atoms with Gasteiger partial charge in [-0.2, -0.15) is 0 Å². The fourth-order valence-corrected chi connectivity index (χ4v) is 2.93. The van der Waals surface area contributed by atoms with Crippen molar-refractivity contribution in [3.63, 3.8) is 0 Å². The zero-order valence-corrected chi connectivity index (χ0v) is 15.1. The van der Waals surface area contributed by atoms with Gasteiger partial charge >= 0.3 is 0 Å². The van der Waals surface area contributed by atoms with Gasteiger partial charge in [-0.3, -0.25) is 9.52 Å². The van der Waals surface area contributed by atoms with E-state index in [1.54, 1.807) is 12.1 Å². The minimum Gasteiger partial charge on any atom is -0.366 e. The number of carbonyl (C=O) groups excluding carboxylic acids is 1. The van der Waals surface area contributed by atoms with Crippen molar-refractivity contribution in [2.24, 2.45) is 0 Å². The lowest BCUT2D eigenvalue weighted by Crippen LogP contribution is -2.17. The molecular weight excluding hydrogens is 342 g/mol. The lowest BCUT2D eigenvalue weighted by molar-refractivity contribution is -0.114. The topological polar surface area (TPSA) is 113 Å². The molecule has 8 nitrogen and oxygen atoms in total. The van der Waals surface area contributed by atoms with Gasteiger partial charge in [-0.25, -0.2) is 8.42 Å². The second-order valence-electron chi connectivity index (χ2n) is 5.57. The van der Waals surface area contributed by atoms with Gasteiger partial charge in [0.2, 0.25) is 5.91 Å². The lowest BCUT2D eigenvalue weighted by Gasteiger charge is -2.12. The van der Waals surface area contributed by atoms with Gasteiger partial charge in [0.25, 0.3) is 10.0 Å². The second-order valence-corrected chi connectivity index (χ2v) is 7.25.